The first-order valence-electron chi connectivity index (χ1n) is 7.02. The summed E-state index contributed by atoms with van der Waals surface area (Å²) in [5, 5.41) is 0. The quantitative estimate of drug-likeness (QED) is 0.692. The Bertz CT molecular complexity index is 766. The molecule has 3 rings (SSSR count). The SMILES string of the molecule is Cc1ccc(-c2ccc(C(=O)Cc3cncnc3)nc2)cc1. The molecule has 2 heterocycles. The van der Waals surface area contributed by atoms with Crippen LogP contribution in [0.4, 0.5) is 0 Å². The molecule has 0 spiro atoms. The van der Waals surface area contributed by atoms with Crippen LogP contribution in [-0.4, -0.2) is 20.7 Å². The van der Waals surface area contributed by atoms with Gasteiger partial charge in [0.05, 0.1) is 0 Å². The highest BCUT2D eigenvalue weighted by molar-refractivity contribution is 5.95. The van der Waals surface area contributed by atoms with Crippen LogP contribution in [0, 0.1) is 6.92 Å². The molecule has 0 N–H and O–H groups in total. The largest absolute Gasteiger partial charge is 0.292 e. The summed E-state index contributed by atoms with van der Waals surface area (Å²) in [7, 11) is 0. The van der Waals surface area contributed by atoms with Crippen LogP contribution in [0.5, 0.6) is 0 Å². The van der Waals surface area contributed by atoms with Gasteiger partial charge in [-0.05, 0) is 24.1 Å². The van der Waals surface area contributed by atoms with Crippen LogP contribution in [0.15, 0.2) is 61.3 Å². The molecule has 0 aliphatic carbocycles. The third-order valence-electron chi connectivity index (χ3n) is 3.41. The van der Waals surface area contributed by atoms with Gasteiger partial charge in [0.1, 0.15) is 12.0 Å². The van der Waals surface area contributed by atoms with E-state index in [9.17, 15) is 4.79 Å². The van der Waals surface area contributed by atoms with E-state index in [1.807, 2.05) is 6.07 Å². The number of hydrogen-bond acceptors (Lipinski definition) is 4. The molecular weight excluding hydrogens is 274 g/mol. The van der Waals surface area contributed by atoms with Crippen molar-refractivity contribution < 1.29 is 4.79 Å². The van der Waals surface area contributed by atoms with E-state index in [1.165, 1.54) is 11.9 Å². The molecule has 108 valence electrons. The number of rotatable bonds is 4. The average Bonchev–Trinajstić information content (AvgIpc) is 2.57. The van der Waals surface area contributed by atoms with Crippen molar-refractivity contribution in [3.63, 3.8) is 0 Å². The van der Waals surface area contributed by atoms with Crippen molar-refractivity contribution in [3.8, 4) is 11.1 Å². The number of aryl methyl sites for hydroxylation is 1. The van der Waals surface area contributed by atoms with E-state index in [2.05, 4.69) is 46.1 Å². The van der Waals surface area contributed by atoms with Gasteiger partial charge < -0.3 is 0 Å². The van der Waals surface area contributed by atoms with E-state index in [1.54, 1.807) is 24.7 Å². The Labute approximate surface area is 128 Å². The fourth-order valence-corrected chi connectivity index (χ4v) is 2.17. The molecule has 0 saturated carbocycles. The predicted molar refractivity (Wildman–Crippen MR) is 84.5 cm³/mol. The summed E-state index contributed by atoms with van der Waals surface area (Å²) in [6, 6.07) is 11.9. The fourth-order valence-electron chi connectivity index (χ4n) is 2.17. The summed E-state index contributed by atoms with van der Waals surface area (Å²) < 4.78 is 0. The van der Waals surface area contributed by atoms with Crippen LogP contribution in [-0.2, 0) is 6.42 Å². The first-order valence-corrected chi connectivity index (χ1v) is 7.02. The maximum absolute atomic E-state index is 12.2. The molecule has 1 aromatic carbocycles. The van der Waals surface area contributed by atoms with Gasteiger partial charge >= 0.3 is 0 Å². The van der Waals surface area contributed by atoms with Crippen molar-refractivity contribution in [2.45, 2.75) is 13.3 Å². The number of hydrogen-bond donors (Lipinski definition) is 0. The zero-order valence-corrected chi connectivity index (χ0v) is 12.2. The van der Waals surface area contributed by atoms with Crippen LogP contribution >= 0.6 is 0 Å². The van der Waals surface area contributed by atoms with Gasteiger partial charge in [-0.2, -0.15) is 0 Å². The summed E-state index contributed by atoms with van der Waals surface area (Å²) in [6.07, 6.45) is 6.73. The van der Waals surface area contributed by atoms with Gasteiger partial charge in [-0.15, -0.1) is 0 Å². The number of carbonyl (C=O) groups excluding carboxylic acids is 1. The van der Waals surface area contributed by atoms with E-state index in [0.717, 1.165) is 16.7 Å². The molecule has 4 nitrogen and oxygen atoms in total. The van der Waals surface area contributed by atoms with E-state index in [0.29, 0.717) is 5.69 Å². The number of Topliss-reactive ketones (excluding diaryl/α,β-unsaturated/α-hetero) is 1. The Morgan fingerprint density at radius 2 is 1.59 bits per heavy atom. The Hall–Kier alpha value is -2.88. The second kappa shape index (κ2) is 6.26. The van der Waals surface area contributed by atoms with Gasteiger partial charge in [0.15, 0.2) is 5.78 Å². The Morgan fingerprint density at radius 3 is 2.23 bits per heavy atom. The van der Waals surface area contributed by atoms with Crippen molar-refractivity contribution >= 4 is 5.78 Å². The van der Waals surface area contributed by atoms with Gasteiger partial charge in [0.2, 0.25) is 0 Å². The highest BCUT2D eigenvalue weighted by atomic mass is 16.1. The minimum Gasteiger partial charge on any atom is -0.292 e. The number of carbonyl (C=O) groups is 1. The van der Waals surface area contributed by atoms with Gasteiger partial charge in [-0.1, -0.05) is 35.9 Å². The third kappa shape index (κ3) is 3.23. The number of pyridine rings is 1. The highest BCUT2D eigenvalue weighted by Gasteiger charge is 2.09. The third-order valence-corrected chi connectivity index (χ3v) is 3.41. The summed E-state index contributed by atoms with van der Waals surface area (Å²) in [4.78, 5) is 24.3. The van der Waals surface area contributed by atoms with Gasteiger partial charge in [0.25, 0.3) is 0 Å². The maximum Gasteiger partial charge on any atom is 0.185 e. The molecular formula is C18H15N3O. The Morgan fingerprint density at radius 1 is 0.909 bits per heavy atom. The van der Waals surface area contributed by atoms with E-state index < -0.39 is 0 Å². The molecule has 0 amide bonds. The van der Waals surface area contributed by atoms with E-state index >= 15 is 0 Å². The fraction of sp³-hybridized carbons (Fsp3) is 0.111. The van der Waals surface area contributed by atoms with E-state index in [4.69, 9.17) is 0 Å². The standard InChI is InChI=1S/C18H15N3O/c1-13-2-4-15(5-3-13)16-6-7-17(21-11-16)18(22)8-14-9-19-12-20-10-14/h2-7,9-12H,8H2,1H3. The number of benzene rings is 1. The molecule has 22 heavy (non-hydrogen) atoms. The predicted octanol–water partition coefficient (Wildman–Crippen LogP) is 3.27. The normalized spacial score (nSPS) is 10.4. The Balaban J connectivity index is 1.76. The minimum absolute atomic E-state index is 0.0368. The van der Waals surface area contributed by atoms with Crippen LogP contribution in [0.1, 0.15) is 21.6 Å². The van der Waals surface area contributed by atoms with Crippen LogP contribution in [0.3, 0.4) is 0 Å². The second-order valence-electron chi connectivity index (χ2n) is 5.14. The van der Waals surface area contributed by atoms with Crippen molar-refractivity contribution in [2.75, 3.05) is 0 Å². The lowest BCUT2D eigenvalue weighted by Crippen LogP contribution is -2.06. The number of nitrogens with zero attached hydrogens (tertiary/aromatic N) is 3. The molecule has 3 aromatic rings. The molecule has 0 saturated heterocycles. The summed E-state index contributed by atoms with van der Waals surface area (Å²) in [6.45, 7) is 2.05. The number of ketones is 1. The van der Waals surface area contributed by atoms with Crippen LogP contribution in [0.25, 0.3) is 11.1 Å². The van der Waals surface area contributed by atoms with E-state index in [-0.39, 0.29) is 12.2 Å². The summed E-state index contributed by atoms with van der Waals surface area (Å²) >= 11 is 0. The lowest BCUT2D eigenvalue weighted by atomic mass is 10.0. The lowest BCUT2D eigenvalue weighted by molar-refractivity contribution is 0.0988. The minimum atomic E-state index is -0.0368. The topological polar surface area (TPSA) is 55.7 Å². The zero-order chi connectivity index (χ0) is 15.4. The molecule has 0 bridgehead atoms. The summed E-state index contributed by atoms with van der Waals surface area (Å²) in [5.41, 5.74) is 4.55. The molecule has 0 unspecified atom stereocenters. The smallest absolute Gasteiger partial charge is 0.185 e. The molecule has 0 radical (unpaired) electrons. The summed E-state index contributed by atoms with van der Waals surface area (Å²) in [5.74, 6) is -0.0368. The van der Waals surface area contributed by atoms with Crippen LogP contribution in [0.2, 0.25) is 0 Å². The lowest BCUT2D eigenvalue weighted by Gasteiger charge is -2.04. The van der Waals surface area contributed by atoms with Crippen LogP contribution < -0.4 is 0 Å². The molecule has 0 aliphatic rings. The zero-order valence-electron chi connectivity index (χ0n) is 12.2. The Kier molecular flexibility index (Phi) is 4.01. The first kappa shape index (κ1) is 14.1. The van der Waals surface area contributed by atoms with Gasteiger partial charge in [-0.25, -0.2) is 9.97 Å². The molecule has 2 aromatic heterocycles. The monoisotopic (exact) mass is 289 g/mol. The first-order chi connectivity index (χ1) is 10.7. The average molecular weight is 289 g/mol. The molecule has 0 atom stereocenters. The highest BCUT2D eigenvalue weighted by Crippen LogP contribution is 2.19. The van der Waals surface area contributed by atoms with Gasteiger partial charge in [0, 0.05) is 30.6 Å². The second-order valence-corrected chi connectivity index (χ2v) is 5.14. The van der Waals surface area contributed by atoms with Crippen molar-refractivity contribution in [2.24, 2.45) is 0 Å². The van der Waals surface area contributed by atoms with Gasteiger partial charge in [-0.3, -0.25) is 9.78 Å². The van der Waals surface area contributed by atoms with Crippen molar-refractivity contribution in [1.82, 2.24) is 15.0 Å². The molecule has 4 heteroatoms. The molecule has 0 aliphatic heterocycles. The maximum atomic E-state index is 12.2. The van der Waals surface area contributed by atoms with Crippen molar-refractivity contribution in [1.29, 1.82) is 0 Å². The van der Waals surface area contributed by atoms with Crippen molar-refractivity contribution in [3.05, 3.63) is 78.1 Å². The molecule has 0 fully saturated rings. The number of aromatic nitrogens is 3.